The van der Waals surface area contributed by atoms with Crippen LogP contribution in [0.1, 0.15) is 17.5 Å². The van der Waals surface area contributed by atoms with Gasteiger partial charge < -0.3 is 14.5 Å². The van der Waals surface area contributed by atoms with Gasteiger partial charge in [-0.15, -0.1) is 0 Å². The van der Waals surface area contributed by atoms with Crippen LogP contribution in [-0.2, 0) is 4.79 Å². The molecule has 0 saturated carbocycles. The lowest BCUT2D eigenvalue weighted by Crippen LogP contribution is -2.47. The minimum Gasteiger partial charge on any atom is -0.493 e. The number of carbonyl (C=O) groups excluding carboxylic acids is 1. The highest BCUT2D eigenvalue weighted by Gasteiger charge is 2.18. The van der Waals surface area contributed by atoms with Gasteiger partial charge in [-0.1, -0.05) is 17.7 Å². The van der Waals surface area contributed by atoms with Crippen molar-refractivity contribution in [2.75, 3.05) is 39.8 Å². The Hall–Kier alpha value is -1.55. The maximum atomic E-state index is 12.1. The van der Waals surface area contributed by atoms with E-state index in [1.165, 1.54) is 5.56 Å². The average Bonchev–Trinajstić information content (AvgIpc) is 2.42. The van der Waals surface area contributed by atoms with Crippen LogP contribution in [0.5, 0.6) is 5.75 Å². The van der Waals surface area contributed by atoms with Gasteiger partial charge >= 0.3 is 0 Å². The summed E-state index contributed by atoms with van der Waals surface area (Å²) in [5, 5.41) is 0. The van der Waals surface area contributed by atoms with Gasteiger partial charge in [0, 0.05) is 26.2 Å². The van der Waals surface area contributed by atoms with Gasteiger partial charge in [-0.2, -0.15) is 0 Å². The van der Waals surface area contributed by atoms with Crippen molar-refractivity contribution < 1.29 is 9.53 Å². The van der Waals surface area contributed by atoms with Crippen LogP contribution in [0.25, 0.3) is 0 Å². The topological polar surface area (TPSA) is 32.8 Å². The first-order valence-electron chi connectivity index (χ1n) is 7.22. The molecule has 0 unspecified atom stereocenters. The third kappa shape index (κ3) is 3.97. The van der Waals surface area contributed by atoms with Gasteiger partial charge in [0.1, 0.15) is 5.75 Å². The van der Waals surface area contributed by atoms with Crippen LogP contribution in [0.15, 0.2) is 18.2 Å². The molecule has 0 radical (unpaired) electrons. The smallest absolute Gasteiger partial charge is 0.226 e. The van der Waals surface area contributed by atoms with Crippen LogP contribution in [0, 0.1) is 13.8 Å². The molecule has 4 nitrogen and oxygen atoms in total. The van der Waals surface area contributed by atoms with Crippen molar-refractivity contribution in [2.45, 2.75) is 20.3 Å². The van der Waals surface area contributed by atoms with E-state index in [1.54, 1.807) is 0 Å². The normalized spacial score (nSPS) is 16.2. The Bertz CT molecular complexity index is 466. The summed E-state index contributed by atoms with van der Waals surface area (Å²) in [6, 6.07) is 6.10. The number of aryl methyl sites for hydroxylation is 2. The second kappa shape index (κ2) is 6.75. The fourth-order valence-corrected chi connectivity index (χ4v) is 2.42. The molecule has 20 heavy (non-hydrogen) atoms. The van der Waals surface area contributed by atoms with Crippen LogP contribution in [0.2, 0.25) is 0 Å². The van der Waals surface area contributed by atoms with E-state index in [9.17, 15) is 4.79 Å². The summed E-state index contributed by atoms with van der Waals surface area (Å²) >= 11 is 0. The Morgan fingerprint density at radius 2 is 1.90 bits per heavy atom. The van der Waals surface area contributed by atoms with Crippen molar-refractivity contribution in [3.63, 3.8) is 0 Å². The Kier molecular flexibility index (Phi) is 5.01. The van der Waals surface area contributed by atoms with Crippen LogP contribution in [-0.4, -0.2) is 55.5 Å². The zero-order valence-corrected chi connectivity index (χ0v) is 12.7. The van der Waals surface area contributed by atoms with Gasteiger partial charge in [0.15, 0.2) is 0 Å². The second-order valence-electron chi connectivity index (χ2n) is 5.55. The monoisotopic (exact) mass is 276 g/mol. The first-order valence-corrected chi connectivity index (χ1v) is 7.22. The van der Waals surface area contributed by atoms with Crippen molar-refractivity contribution in [1.82, 2.24) is 9.80 Å². The summed E-state index contributed by atoms with van der Waals surface area (Å²) in [4.78, 5) is 16.2. The fourth-order valence-electron chi connectivity index (χ4n) is 2.42. The Balaban J connectivity index is 1.76. The van der Waals surface area contributed by atoms with Crippen LogP contribution >= 0.6 is 0 Å². The molecule has 4 heteroatoms. The molecule has 1 heterocycles. The molecule has 0 atom stereocenters. The molecule has 110 valence electrons. The highest BCUT2D eigenvalue weighted by Crippen LogP contribution is 2.18. The lowest BCUT2D eigenvalue weighted by Gasteiger charge is -2.32. The number of rotatable bonds is 4. The van der Waals surface area contributed by atoms with E-state index in [2.05, 4.69) is 24.9 Å². The second-order valence-corrected chi connectivity index (χ2v) is 5.55. The van der Waals surface area contributed by atoms with Crippen molar-refractivity contribution in [2.24, 2.45) is 0 Å². The summed E-state index contributed by atoms with van der Waals surface area (Å²) in [6.45, 7) is 8.14. The summed E-state index contributed by atoms with van der Waals surface area (Å²) < 4.78 is 5.72. The number of amides is 1. The number of hydrogen-bond acceptors (Lipinski definition) is 3. The van der Waals surface area contributed by atoms with Gasteiger partial charge in [-0.3, -0.25) is 4.79 Å². The maximum absolute atomic E-state index is 12.1. The fraction of sp³-hybridized carbons (Fsp3) is 0.562. The standard InChI is InChI=1S/C16H24N2O2/c1-13-4-5-15(14(2)12-13)20-11-6-16(19)18-9-7-17(3)8-10-18/h4-5,12H,6-11H2,1-3H3. The molecule has 0 N–H and O–H groups in total. The number of benzene rings is 1. The zero-order valence-electron chi connectivity index (χ0n) is 12.7. The van der Waals surface area contributed by atoms with Gasteiger partial charge in [-0.25, -0.2) is 0 Å². The average molecular weight is 276 g/mol. The molecule has 1 saturated heterocycles. The van der Waals surface area contributed by atoms with Gasteiger partial charge in [-0.05, 0) is 32.5 Å². The molecular formula is C16H24N2O2. The van der Waals surface area contributed by atoms with E-state index in [0.717, 1.165) is 37.5 Å². The molecule has 2 rings (SSSR count). The summed E-state index contributed by atoms with van der Waals surface area (Å²) in [5.74, 6) is 1.07. The Morgan fingerprint density at radius 1 is 1.20 bits per heavy atom. The molecule has 0 aromatic heterocycles. The van der Waals surface area contributed by atoms with Gasteiger partial charge in [0.25, 0.3) is 0 Å². The number of hydrogen-bond donors (Lipinski definition) is 0. The Labute approximate surface area is 121 Å². The maximum Gasteiger partial charge on any atom is 0.226 e. The van der Waals surface area contributed by atoms with Crippen LogP contribution in [0.3, 0.4) is 0 Å². The number of nitrogens with zero attached hydrogens (tertiary/aromatic N) is 2. The molecule has 1 aromatic carbocycles. The molecule has 0 bridgehead atoms. The number of ether oxygens (including phenoxy) is 1. The van der Waals surface area contributed by atoms with Crippen molar-refractivity contribution in [1.29, 1.82) is 0 Å². The van der Waals surface area contributed by atoms with E-state index in [4.69, 9.17) is 4.74 Å². The predicted molar refractivity (Wildman–Crippen MR) is 80.1 cm³/mol. The minimum atomic E-state index is 0.197. The summed E-state index contributed by atoms with van der Waals surface area (Å²) in [7, 11) is 2.09. The number of piperazine rings is 1. The number of likely N-dealkylation sites (N-methyl/N-ethyl adjacent to an activating group) is 1. The number of carbonyl (C=O) groups is 1. The molecule has 1 amide bonds. The molecule has 1 aliphatic heterocycles. The highest BCUT2D eigenvalue weighted by molar-refractivity contribution is 5.76. The van der Waals surface area contributed by atoms with Crippen molar-refractivity contribution in [3.05, 3.63) is 29.3 Å². The van der Waals surface area contributed by atoms with Gasteiger partial charge in [0.05, 0.1) is 13.0 Å². The summed E-state index contributed by atoms with van der Waals surface area (Å²) in [6.07, 6.45) is 0.455. The lowest BCUT2D eigenvalue weighted by molar-refractivity contribution is -0.133. The van der Waals surface area contributed by atoms with E-state index in [1.807, 2.05) is 24.0 Å². The van der Waals surface area contributed by atoms with Crippen molar-refractivity contribution >= 4 is 5.91 Å². The molecule has 0 aliphatic carbocycles. The van der Waals surface area contributed by atoms with Gasteiger partial charge in [0.2, 0.25) is 5.91 Å². The first-order chi connectivity index (χ1) is 9.56. The van der Waals surface area contributed by atoms with E-state index < -0.39 is 0 Å². The molecule has 1 fully saturated rings. The first kappa shape index (κ1) is 14.9. The highest BCUT2D eigenvalue weighted by atomic mass is 16.5. The third-order valence-electron chi connectivity index (χ3n) is 3.76. The quantitative estimate of drug-likeness (QED) is 0.841. The predicted octanol–water partition coefficient (Wildman–Crippen LogP) is 1.85. The Morgan fingerprint density at radius 3 is 2.55 bits per heavy atom. The largest absolute Gasteiger partial charge is 0.493 e. The molecular weight excluding hydrogens is 252 g/mol. The van der Waals surface area contributed by atoms with E-state index in [0.29, 0.717) is 13.0 Å². The minimum absolute atomic E-state index is 0.197. The SMILES string of the molecule is Cc1ccc(OCCC(=O)N2CCN(C)CC2)c(C)c1. The van der Waals surface area contributed by atoms with Crippen LogP contribution in [0.4, 0.5) is 0 Å². The summed E-state index contributed by atoms with van der Waals surface area (Å²) in [5.41, 5.74) is 2.35. The van der Waals surface area contributed by atoms with E-state index in [-0.39, 0.29) is 5.91 Å². The van der Waals surface area contributed by atoms with Crippen LogP contribution < -0.4 is 4.74 Å². The molecule has 1 aromatic rings. The molecule has 0 spiro atoms. The zero-order chi connectivity index (χ0) is 14.5. The van der Waals surface area contributed by atoms with Crippen molar-refractivity contribution in [3.8, 4) is 5.75 Å². The van der Waals surface area contributed by atoms with E-state index >= 15 is 0 Å². The lowest BCUT2D eigenvalue weighted by atomic mass is 10.1. The third-order valence-corrected chi connectivity index (χ3v) is 3.76. The molecule has 1 aliphatic rings.